The van der Waals surface area contributed by atoms with E-state index in [2.05, 4.69) is 293 Å². The van der Waals surface area contributed by atoms with Gasteiger partial charge in [-0.1, -0.05) is 184 Å². The third-order valence-electron chi connectivity index (χ3n) is 15.9. The van der Waals surface area contributed by atoms with Crippen molar-refractivity contribution in [1.82, 2.24) is 56.0 Å². The van der Waals surface area contributed by atoms with Crippen molar-refractivity contribution in [2.75, 3.05) is 223 Å². The van der Waals surface area contributed by atoms with Gasteiger partial charge in [0.25, 0.3) is 0 Å². The zero-order valence-corrected chi connectivity index (χ0v) is 86.8. The number of nitrogens with zero attached hydrogens (tertiary/aromatic N) is 6. The van der Waals surface area contributed by atoms with E-state index in [9.17, 15) is 0 Å². The SMILES string of the molecule is C.C.C.C=C[SiH2]CCN(C)CCN.C=C[SiH2]CCN(C)CCN.C=C[Si](C)(C)C=C.C=C[Si](C)(C)C=C.C=C[Si](C)(C)CCC.CCCNC.CCCNC.CCCNC.CCCNC.CCCNC.CCC[SiH3].CN.CN.CN.CN1CCN(C)CC[Si](C)(C)CCN(C)CCN(C)CC[Si](C)(C)CC1. The van der Waals surface area contributed by atoms with Crippen molar-refractivity contribution in [2.24, 2.45) is 28.7 Å². The number of hydrogen-bond donors (Lipinski definition) is 10. The van der Waals surface area contributed by atoms with Crippen LogP contribution in [-0.2, 0) is 0 Å². The van der Waals surface area contributed by atoms with Crippen LogP contribution in [-0.4, -0.2) is 322 Å². The second-order valence-electron chi connectivity index (χ2n) is 29.5. The lowest BCUT2D eigenvalue weighted by atomic mass is 10.4. The molecule has 0 aliphatic carbocycles. The van der Waals surface area contributed by atoms with E-state index in [0.29, 0.717) is 0 Å². The van der Waals surface area contributed by atoms with Crippen molar-refractivity contribution in [3.05, 3.63) is 85.9 Å². The molecule has 106 heavy (non-hydrogen) atoms. The summed E-state index contributed by atoms with van der Waals surface area (Å²) >= 11 is 0. The highest BCUT2D eigenvalue weighted by atomic mass is 28.3. The van der Waals surface area contributed by atoms with E-state index in [1.54, 1.807) is 0 Å². The first-order valence-electron chi connectivity index (χ1n) is 40.3. The van der Waals surface area contributed by atoms with Gasteiger partial charge in [-0.05, 0) is 239 Å². The highest BCUT2D eigenvalue weighted by Crippen LogP contribution is 2.18. The third kappa shape index (κ3) is 172. The Hall–Kier alpha value is -0.725. The van der Waals surface area contributed by atoms with Crippen LogP contribution in [0.3, 0.4) is 0 Å². The molecule has 0 radical (unpaired) electrons. The second-order valence-corrected chi connectivity index (χ2v) is 58.7. The molecular formula is C82H216N16Si8. The Morgan fingerprint density at radius 2 is 0.604 bits per heavy atom. The minimum Gasteiger partial charge on any atom is -0.333 e. The van der Waals surface area contributed by atoms with E-state index < -0.39 is 40.4 Å². The fourth-order valence-corrected chi connectivity index (χ4v) is 15.5. The maximum atomic E-state index is 5.38. The van der Waals surface area contributed by atoms with Crippen LogP contribution in [0.4, 0.5) is 0 Å². The normalized spacial score (nSPS) is 13.7. The standard InChI is InChI=1S/C20H48N4Si2.2C7H18N2Si.C7H16Si.2C6H12Si.5C4H11N.C3H10Si.3CH5N.3CH4/c1-21-9-10-22(2)14-19-26(7,8)20-16-24(4)12-11-23(3)15-18-25(5,6)17-13-21;2*1-3-10-7-6-9(2)5-4-8;1-5-7-8(3,4)6-2;2*1-5-7(3,4)6-2;5*1-3-4-5-2;1-2-3-4;3*1-2;;;/h9-20H2,1-8H3;2*3H,1,4-8,10H2,2H3;6H,2,5,7H2,1,3-4H3;2*5-6H,1-2H2,3-4H3;5*5H,3-4H2,1-2H3;2-3H2,1,4H3;3*2H2,1H3;3*1H4. The lowest BCUT2D eigenvalue weighted by Crippen LogP contribution is -2.41. The van der Waals surface area contributed by atoms with Crippen molar-refractivity contribution >= 4 is 69.7 Å². The molecule has 16 nitrogen and oxygen atoms in total. The summed E-state index contributed by atoms with van der Waals surface area (Å²) in [7, 11) is 24.0. The number of likely N-dealkylation sites (N-methyl/N-ethyl adjacent to an activating group) is 6. The Morgan fingerprint density at radius 3 is 0.708 bits per heavy atom. The van der Waals surface area contributed by atoms with Gasteiger partial charge in [0.15, 0.2) is 0 Å². The predicted molar refractivity (Wildman–Crippen MR) is 540 cm³/mol. The average Bonchev–Trinajstić information content (AvgIpc) is 0.910. The van der Waals surface area contributed by atoms with Crippen LogP contribution in [0, 0.1) is 0 Å². The lowest BCUT2D eigenvalue weighted by Gasteiger charge is -2.31. The number of hydrogen-bond acceptors (Lipinski definition) is 16. The molecule has 1 heterocycles. The summed E-state index contributed by atoms with van der Waals surface area (Å²) in [6.45, 7) is 86.7. The van der Waals surface area contributed by atoms with Crippen LogP contribution in [0.1, 0.15) is 116 Å². The molecule has 0 atom stereocenters. The summed E-state index contributed by atoms with van der Waals surface area (Å²) in [5, 5.41) is 15.1. The van der Waals surface area contributed by atoms with E-state index in [-0.39, 0.29) is 41.3 Å². The highest BCUT2D eigenvalue weighted by molar-refractivity contribution is 6.87. The van der Waals surface area contributed by atoms with Gasteiger partial charge in [0, 0.05) is 97.8 Å². The summed E-state index contributed by atoms with van der Waals surface area (Å²) in [4.78, 5) is 14.8. The van der Waals surface area contributed by atoms with Crippen molar-refractivity contribution in [2.45, 2.75) is 230 Å². The largest absolute Gasteiger partial charge is 0.333 e. The first-order chi connectivity index (χ1) is 48.5. The Labute approximate surface area is 688 Å². The fraction of sp³-hybridized carbons (Fsp3) is 0.829. The Balaban J connectivity index is -0.0000000570. The molecule has 0 spiro atoms. The van der Waals surface area contributed by atoms with Gasteiger partial charge in [-0.15, -0.1) is 63.2 Å². The summed E-state index contributed by atoms with van der Waals surface area (Å²) in [6.07, 6.45) is 8.86. The minimum absolute atomic E-state index is 0. The van der Waals surface area contributed by atoms with Crippen LogP contribution >= 0.6 is 0 Å². The van der Waals surface area contributed by atoms with Crippen molar-refractivity contribution in [3.63, 3.8) is 0 Å². The molecule has 1 aliphatic rings. The van der Waals surface area contributed by atoms with Gasteiger partial charge in [-0.2, -0.15) is 0 Å². The maximum Gasteiger partial charge on any atom is 0.0942 e. The number of nitrogens with one attached hydrogen (secondary N) is 5. The number of rotatable bonds is 30. The smallest absolute Gasteiger partial charge is 0.0942 e. The Kier molecular flexibility index (Phi) is 170. The topological polar surface area (TPSA) is 210 Å². The Morgan fingerprint density at radius 1 is 0.396 bits per heavy atom. The first-order valence-corrected chi connectivity index (χ1v) is 61.8. The number of nitrogens with two attached hydrogens (primary N) is 5. The van der Waals surface area contributed by atoms with Crippen LogP contribution in [0.25, 0.3) is 0 Å². The van der Waals surface area contributed by atoms with Gasteiger partial charge in [-0.3, -0.25) is 0 Å². The molecule has 0 saturated carbocycles. The zero-order valence-electron chi connectivity index (χ0n) is 77.0. The van der Waals surface area contributed by atoms with Gasteiger partial charge in [0.05, 0.1) is 24.2 Å². The zero-order chi connectivity index (χ0) is 83.9. The molecule has 0 bridgehead atoms. The molecule has 1 rings (SSSR count). The van der Waals surface area contributed by atoms with E-state index in [0.717, 1.165) is 58.9 Å². The quantitative estimate of drug-likeness (QED) is 0.0240. The first kappa shape index (κ1) is 147. The highest BCUT2D eigenvalue weighted by Gasteiger charge is 2.24. The monoisotopic (exact) mass is 1650 g/mol. The van der Waals surface area contributed by atoms with E-state index in [1.165, 1.54) is 190 Å². The van der Waals surface area contributed by atoms with Gasteiger partial charge in [0.1, 0.15) is 0 Å². The van der Waals surface area contributed by atoms with Crippen LogP contribution in [0.5, 0.6) is 0 Å². The van der Waals surface area contributed by atoms with Gasteiger partial charge >= 0.3 is 0 Å². The maximum absolute atomic E-state index is 5.38. The van der Waals surface area contributed by atoms with E-state index in [1.807, 2.05) is 58.0 Å². The molecule has 1 fully saturated rings. The molecule has 0 amide bonds. The van der Waals surface area contributed by atoms with Crippen LogP contribution in [0.2, 0.25) is 114 Å². The van der Waals surface area contributed by atoms with Crippen molar-refractivity contribution < 1.29 is 0 Å². The van der Waals surface area contributed by atoms with Crippen LogP contribution < -0.4 is 55.3 Å². The van der Waals surface area contributed by atoms with E-state index >= 15 is 0 Å². The summed E-state index contributed by atoms with van der Waals surface area (Å²) in [5.74, 6) is 0. The molecule has 0 aromatic carbocycles. The molecule has 24 heteroatoms. The molecule has 0 aromatic rings. The predicted octanol–water partition coefficient (Wildman–Crippen LogP) is 13.4. The second kappa shape index (κ2) is 123. The molecular weight excluding hydrogens is 1430 g/mol. The van der Waals surface area contributed by atoms with E-state index in [4.69, 9.17) is 11.5 Å². The third-order valence-corrected chi connectivity index (χ3v) is 32.6. The lowest BCUT2D eigenvalue weighted by molar-refractivity contribution is 0.264. The van der Waals surface area contributed by atoms with Crippen molar-refractivity contribution in [1.29, 1.82) is 0 Å². The Bertz CT molecular complexity index is 1380. The fourth-order valence-electron chi connectivity index (χ4n) is 7.19. The molecule has 0 aromatic heterocycles. The summed E-state index contributed by atoms with van der Waals surface area (Å²) in [6, 6.07) is 11.2. The molecule has 0 unspecified atom stereocenters. The molecule has 1 aliphatic heterocycles. The molecule has 15 N–H and O–H groups in total. The average molecular weight is 1650 g/mol. The summed E-state index contributed by atoms with van der Waals surface area (Å²) in [5.41, 5.74) is 38.7. The molecule has 656 valence electrons. The molecule has 1 saturated heterocycles. The van der Waals surface area contributed by atoms with Gasteiger partial charge in [-0.25, -0.2) is 0 Å². The van der Waals surface area contributed by atoms with Crippen LogP contribution in [0.15, 0.2) is 85.9 Å². The van der Waals surface area contributed by atoms with Crippen molar-refractivity contribution in [3.8, 4) is 0 Å². The summed E-state index contributed by atoms with van der Waals surface area (Å²) < 4.78 is 0. The van der Waals surface area contributed by atoms with Gasteiger partial charge in [0.2, 0.25) is 0 Å². The minimum atomic E-state index is -1.12. The van der Waals surface area contributed by atoms with Gasteiger partial charge < -0.3 is 84.7 Å².